The van der Waals surface area contributed by atoms with Gasteiger partial charge in [-0.3, -0.25) is 0 Å². The Morgan fingerprint density at radius 2 is 1.84 bits per heavy atom. The van der Waals surface area contributed by atoms with Gasteiger partial charge >= 0.3 is 6.18 Å². The molecule has 0 saturated carbocycles. The molecule has 1 atom stereocenters. The monoisotopic (exact) mass is 273 g/mol. The molecule has 4 heteroatoms. The molecule has 1 rings (SSSR count). The zero-order valence-corrected chi connectivity index (χ0v) is 11.9. The Hall–Kier alpha value is -1.03. The summed E-state index contributed by atoms with van der Waals surface area (Å²) in [6.07, 6.45) is -2.70. The highest BCUT2D eigenvalue weighted by molar-refractivity contribution is 5.26. The molecule has 1 nitrogen and oxygen atoms in total. The van der Waals surface area contributed by atoms with Crippen LogP contribution in [-0.4, -0.2) is 13.1 Å². The van der Waals surface area contributed by atoms with E-state index in [4.69, 9.17) is 0 Å². The highest BCUT2D eigenvalue weighted by Crippen LogP contribution is 2.31. The minimum Gasteiger partial charge on any atom is -0.316 e. The van der Waals surface area contributed by atoms with E-state index in [1.54, 1.807) is 6.07 Å². The Morgan fingerprint density at radius 1 is 1.21 bits per heavy atom. The van der Waals surface area contributed by atoms with Gasteiger partial charge in [-0.2, -0.15) is 13.2 Å². The second-order valence-corrected chi connectivity index (χ2v) is 5.59. The van der Waals surface area contributed by atoms with Gasteiger partial charge in [0, 0.05) is 6.04 Å². The molecule has 0 spiro atoms. The van der Waals surface area contributed by atoms with Crippen LogP contribution in [-0.2, 0) is 12.6 Å². The van der Waals surface area contributed by atoms with Gasteiger partial charge in [-0.15, -0.1) is 0 Å². The van der Waals surface area contributed by atoms with Crippen LogP contribution in [0.3, 0.4) is 0 Å². The third-order valence-corrected chi connectivity index (χ3v) is 3.90. The molecular formula is C15H22F3N. The molecule has 0 bridgehead atoms. The van der Waals surface area contributed by atoms with Crippen LogP contribution in [0.1, 0.15) is 38.3 Å². The molecule has 0 aromatic heterocycles. The topological polar surface area (TPSA) is 12.0 Å². The number of nitrogens with one attached hydrogen (secondary N) is 1. The van der Waals surface area contributed by atoms with Gasteiger partial charge in [0.15, 0.2) is 0 Å². The average Bonchev–Trinajstić information content (AvgIpc) is 2.35. The summed E-state index contributed by atoms with van der Waals surface area (Å²) < 4.78 is 38.0. The molecule has 1 unspecified atom stereocenters. The molecule has 0 aliphatic rings. The van der Waals surface area contributed by atoms with Crippen molar-refractivity contribution in [3.63, 3.8) is 0 Å². The standard InChI is InChI=1S/C15H22F3N/c1-5-14(2,3)13(19-4)10-11-7-6-8-12(9-11)15(16,17)18/h6-9,13,19H,5,10H2,1-4H3. The molecular weight excluding hydrogens is 251 g/mol. The smallest absolute Gasteiger partial charge is 0.316 e. The number of hydrogen-bond donors (Lipinski definition) is 1. The Morgan fingerprint density at radius 3 is 2.32 bits per heavy atom. The highest BCUT2D eigenvalue weighted by Gasteiger charge is 2.31. The molecule has 1 N–H and O–H groups in total. The van der Waals surface area contributed by atoms with Crippen LogP contribution in [0.15, 0.2) is 24.3 Å². The molecule has 1 aromatic carbocycles. The van der Waals surface area contributed by atoms with E-state index < -0.39 is 11.7 Å². The largest absolute Gasteiger partial charge is 0.416 e. The summed E-state index contributed by atoms with van der Waals surface area (Å²) in [5, 5.41) is 3.22. The average molecular weight is 273 g/mol. The number of halogens is 3. The fourth-order valence-electron chi connectivity index (χ4n) is 2.13. The van der Waals surface area contributed by atoms with Crippen molar-refractivity contribution in [2.45, 2.75) is 45.8 Å². The highest BCUT2D eigenvalue weighted by atomic mass is 19.4. The van der Waals surface area contributed by atoms with Crippen molar-refractivity contribution in [3.05, 3.63) is 35.4 Å². The number of rotatable bonds is 5. The molecule has 1 aromatic rings. The Bertz CT molecular complexity index is 410. The van der Waals surface area contributed by atoms with Crippen molar-refractivity contribution < 1.29 is 13.2 Å². The van der Waals surface area contributed by atoms with Crippen molar-refractivity contribution >= 4 is 0 Å². The molecule has 0 heterocycles. The number of benzene rings is 1. The summed E-state index contributed by atoms with van der Waals surface area (Å²) >= 11 is 0. The van der Waals surface area contributed by atoms with Crippen LogP contribution >= 0.6 is 0 Å². The Balaban J connectivity index is 2.93. The van der Waals surface area contributed by atoms with E-state index in [2.05, 4.69) is 26.1 Å². The van der Waals surface area contributed by atoms with E-state index in [0.29, 0.717) is 6.42 Å². The lowest BCUT2D eigenvalue weighted by atomic mass is 9.79. The van der Waals surface area contributed by atoms with Crippen molar-refractivity contribution in [1.82, 2.24) is 5.32 Å². The van der Waals surface area contributed by atoms with E-state index in [-0.39, 0.29) is 11.5 Å². The second-order valence-electron chi connectivity index (χ2n) is 5.59. The Kier molecular flexibility index (Phi) is 5.02. The van der Waals surface area contributed by atoms with Crippen molar-refractivity contribution in [2.75, 3.05) is 7.05 Å². The van der Waals surface area contributed by atoms with Gasteiger partial charge in [-0.1, -0.05) is 39.0 Å². The third kappa shape index (κ3) is 4.23. The predicted molar refractivity (Wildman–Crippen MR) is 72.1 cm³/mol. The quantitative estimate of drug-likeness (QED) is 0.844. The molecule has 0 amide bonds. The number of alkyl halides is 3. The van der Waals surface area contributed by atoms with E-state index >= 15 is 0 Å². The minimum atomic E-state index is -4.27. The second kappa shape index (κ2) is 5.95. The van der Waals surface area contributed by atoms with Crippen molar-refractivity contribution in [2.24, 2.45) is 5.41 Å². The predicted octanol–water partition coefficient (Wildman–Crippen LogP) is 4.27. The maximum absolute atomic E-state index is 12.7. The lowest BCUT2D eigenvalue weighted by Crippen LogP contribution is -2.41. The lowest BCUT2D eigenvalue weighted by molar-refractivity contribution is -0.137. The minimum absolute atomic E-state index is 0.0446. The SMILES string of the molecule is CCC(C)(C)C(Cc1cccc(C(F)(F)F)c1)NC. The van der Waals surface area contributed by atoms with Crippen molar-refractivity contribution in [3.8, 4) is 0 Å². The fourth-order valence-corrected chi connectivity index (χ4v) is 2.13. The van der Waals surface area contributed by atoms with Crippen LogP contribution < -0.4 is 5.32 Å². The Labute approximate surface area is 113 Å². The van der Waals surface area contributed by atoms with E-state index in [0.717, 1.165) is 18.1 Å². The van der Waals surface area contributed by atoms with Gasteiger partial charge in [0.1, 0.15) is 0 Å². The maximum Gasteiger partial charge on any atom is 0.416 e. The van der Waals surface area contributed by atoms with Crippen LogP contribution in [0, 0.1) is 5.41 Å². The van der Waals surface area contributed by atoms with E-state index in [1.807, 2.05) is 7.05 Å². The van der Waals surface area contributed by atoms with E-state index in [9.17, 15) is 13.2 Å². The molecule has 0 saturated heterocycles. The molecule has 0 radical (unpaired) electrons. The zero-order valence-electron chi connectivity index (χ0n) is 11.9. The van der Waals surface area contributed by atoms with Gasteiger partial charge in [0.05, 0.1) is 5.56 Å². The summed E-state index contributed by atoms with van der Waals surface area (Å²) in [5.41, 5.74) is 0.188. The summed E-state index contributed by atoms with van der Waals surface area (Å²) in [5.74, 6) is 0. The van der Waals surface area contributed by atoms with Gasteiger partial charge in [-0.25, -0.2) is 0 Å². The summed E-state index contributed by atoms with van der Waals surface area (Å²) in [4.78, 5) is 0. The molecule has 108 valence electrons. The zero-order chi connectivity index (χ0) is 14.7. The number of hydrogen-bond acceptors (Lipinski definition) is 1. The van der Waals surface area contributed by atoms with Crippen LogP contribution in [0.25, 0.3) is 0 Å². The van der Waals surface area contributed by atoms with Crippen molar-refractivity contribution in [1.29, 1.82) is 0 Å². The lowest BCUT2D eigenvalue weighted by Gasteiger charge is -2.33. The van der Waals surface area contributed by atoms with Gasteiger partial charge < -0.3 is 5.32 Å². The normalized spacial score (nSPS) is 14.5. The first-order chi connectivity index (χ1) is 8.70. The van der Waals surface area contributed by atoms with Crippen LogP contribution in [0.5, 0.6) is 0 Å². The van der Waals surface area contributed by atoms with Crippen LogP contribution in [0.2, 0.25) is 0 Å². The molecule has 19 heavy (non-hydrogen) atoms. The van der Waals surface area contributed by atoms with Gasteiger partial charge in [0.2, 0.25) is 0 Å². The molecule has 0 fully saturated rings. The van der Waals surface area contributed by atoms with Crippen LogP contribution in [0.4, 0.5) is 13.2 Å². The number of likely N-dealkylation sites (N-methyl/N-ethyl adjacent to an activating group) is 1. The third-order valence-electron chi connectivity index (χ3n) is 3.90. The van der Waals surface area contributed by atoms with E-state index in [1.165, 1.54) is 12.1 Å². The maximum atomic E-state index is 12.7. The summed E-state index contributed by atoms with van der Waals surface area (Å²) in [6.45, 7) is 6.35. The molecule has 0 aliphatic heterocycles. The first-order valence-electron chi connectivity index (χ1n) is 6.54. The van der Waals surface area contributed by atoms with Gasteiger partial charge in [-0.05, 0) is 36.9 Å². The summed E-state index contributed by atoms with van der Waals surface area (Å²) in [6, 6.07) is 5.75. The first kappa shape index (κ1) is 16.0. The molecule has 0 aliphatic carbocycles. The fraction of sp³-hybridized carbons (Fsp3) is 0.600. The van der Waals surface area contributed by atoms with Gasteiger partial charge in [0.25, 0.3) is 0 Å². The first-order valence-corrected chi connectivity index (χ1v) is 6.54. The summed E-state index contributed by atoms with van der Waals surface area (Å²) in [7, 11) is 1.86.